The first-order valence-corrected chi connectivity index (χ1v) is 7.64. The van der Waals surface area contributed by atoms with Crippen molar-refractivity contribution in [3.63, 3.8) is 0 Å². The van der Waals surface area contributed by atoms with E-state index in [2.05, 4.69) is 41.1 Å². The lowest BCUT2D eigenvalue weighted by Crippen LogP contribution is -2.55. The lowest BCUT2D eigenvalue weighted by molar-refractivity contribution is 0.105. The third-order valence-corrected chi connectivity index (χ3v) is 4.44. The van der Waals surface area contributed by atoms with E-state index in [9.17, 15) is 9.90 Å². The zero-order chi connectivity index (χ0) is 14.9. The predicted octanol–water partition coefficient (Wildman–Crippen LogP) is 1.01. The van der Waals surface area contributed by atoms with Crippen molar-refractivity contribution in [1.29, 1.82) is 0 Å². The van der Waals surface area contributed by atoms with Gasteiger partial charge in [0.25, 0.3) is 0 Å². The van der Waals surface area contributed by atoms with E-state index in [0.29, 0.717) is 6.54 Å². The Morgan fingerprint density at radius 3 is 2.90 bits per heavy atom. The number of hydrogen-bond acceptors (Lipinski definition) is 3. The summed E-state index contributed by atoms with van der Waals surface area (Å²) in [6, 6.07) is 7.94. The van der Waals surface area contributed by atoms with Crippen molar-refractivity contribution in [2.24, 2.45) is 0 Å². The van der Waals surface area contributed by atoms with E-state index in [0.717, 1.165) is 25.8 Å². The molecule has 0 unspecified atom stereocenters. The number of hydrogen-bond donors (Lipinski definition) is 4. The highest BCUT2D eigenvalue weighted by Crippen LogP contribution is 2.45. The SMILES string of the molecule is Cc1cccc(C2(NC(=O)N[C@@H]3CCNC[C@H]3O)CC2)c1. The zero-order valence-corrected chi connectivity index (χ0v) is 12.4. The summed E-state index contributed by atoms with van der Waals surface area (Å²) in [6.07, 6.45) is 2.18. The fraction of sp³-hybridized carbons (Fsp3) is 0.562. The van der Waals surface area contributed by atoms with Crippen LogP contribution < -0.4 is 16.0 Å². The first-order valence-electron chi connectivity index (χ1n) is 7.64. The predicted molar refractivity (Wildman–Crippen MR) is 81.0 cm³/mol. The quantitative estimate of drug-likeness (QED) is 0.671. The number of urea groups is 1. The lowest BCUT2D eigenvalue weighted by atomic mass is 10.0. The van der Waals surface area contributed by atoms with E-state index in [1.807, 2.05) is 6.07 Å². The summed E-state index contributed by atoms with van der Waals surface area (Å²) < 4.78 is 0. The molecule has 2 amide bonds. The Labute approximate surface area is 125 Å². The highest BCUT2D eigenvalue weighted by molar-refractivity contribution is 5.76. The van der Waals surface area contributed by atoms with Crippen molar-refractivity contribution in [3.05, 3.63) is 35.4 Å². The average molecular weight is 289 g/mol. The van der Waals surface area contributed by atoms with Crippen molar-refractivity contribution < 1.29 is 9.90 Å². The van der Waals surface area contributed by atoms with Gasteiger partial charge in [0.05, 0.1) is 17.7 Å². The maximum atomic E-state index is 12.2. The molecule has 2 aliphatic rings. The number of aliphatic hydroxyl groups excluding tert-OH is 1. The summed E-state index contributed by atoms with van der Waals surface area (Å²) >= 11 is 0. The molecule has 3 rings (SSSR count). The number of benzene rings is 1. The van der Waals surface area contributed by atoms with Crippen LogP contribution in [-0.2, 0) is 5.54 Å². The Hall–Kier alpha value is -1.59. The molecule has 114 valence electrons. The molecule has 0 bridgehead atoms. The van der Waals surface area contributed by atoms with Crippen LogP contribution in [0.15, 0.2) is 24.3 Å². The van der Waals surface area contributed by atoms with Crippen molar-refractivity contribution in [3.8, 4) is 0 Å². The Balaban J connectivity index is 1.62. The topological polar surface area (TPSA) is 73.4 Å². The number of aryl methyl sites for hydroxylation is 1. The Morgan fingerprint density at radius 1 is 1.43 bits per heavy atom. The van der Waals surface area contributed by atoms with E-state index in [1.54, 1.807) is 0 Å². The van der Waals surface area contributed by atoms with Gasteiger partial charge in [-0.15, -0.1) is 0 Å². The van der Waals surface area contributed by atoms with Gasteiger partial charge in [-0.25, -0.2) is 4.79 Å². The minimum atomic E-state index is -0.515. The summed E-state index contributed by atoms with van der Waals surface area (Å²) in [7, 11) is 0. The van der Waals surface area contributed by atoms with Crippen LogP contribution in [0.5, 0.6) is 0 Å². The molecule has 1 saturated carbocycles. The fourth-order valence-corrected chi connectivity index (χ4v) is 2.99. The molecule has 0 radical (unpaired) electrons. The Bertz CT molecular complexity index is 528. The van der Waals surface area contributed by atoms with Crippen LogP contribution in [0.2, 0.25) is 0 Å². The summed E-state index contributed by atoms with van der Waals surface area (Å²) in [6.45, 7) is 3.42. The molecule has 1 aliphatic carbocycles. The van der Waals surface area contributed by atoms with Gasteiger partial charge in [0.2, 0.25) is 0 Å². The van der Waals surface area contributed by atoms with Gasteiger partial charge in [0.15, 0.2) is 0 Å². The molecule has 1 aromatic rings. The van der Waals surface area contributed by atoms with Gasteiger partial charge in [0, 0.05) is 6.54 Å². The summed E-state index contributed by atoms with van der Waals surface area (Å²) in [4.78, 5) is 12.2. The van der Waals surface area contributed by atoms with Crippen LogP contribution in [0.4, 0.5) is 4.79 Å². The largest absolute Gasteiger partial charge is 0.390 e. The second kappa shape index (κ2) is 5.66. The van der Waals surface area contributed by atoms with E-state index < -0.39 is 6.10 Å². The van der Waals surface area contributed by atoms with Gasteiger partial charge in [-0.3, -0.25) is 0 Å². The molecule has 21 heavy (non-hydrogen) atoms. The van der Waals surface area contributed by atoms with Crippen LogP contribution in [0.25, 0.3) is 0 Å². The fourth-order valence-electron chi connectivity index (χ4n) is 2.99. The third kappa shape index (κ3) is 3.19. The number of amides is 2. The molecule has 4 N–H and O–H groups in total. The van der Waals surface area contributed by atoms with Crippen molar-refractivity contribution in [2.75, 3.05) is 13.1 Å². The zero-order valence-electron chi connectivity index (χ0n) is 12.4. The highest BCUT2D eigenvalue weighted by Gasteiger charge is 2.46. The lowest BCUT2D eigenvalue weighted by Gasteiger charge is -2.30. The molecule has 5 nitrogen and oxygen atoms in total. The molecule has 2 fully saturated rings. The summed E-state index contributed by atoms with van der Waals surface area (Å²) in [5.41, 5.74) is 2.16. The standard InChI is InChI=1S/C16H23N3O2/c1-11-3-2-4-12(9-11)16(6-7-16)19-15(21)18-13-5-8-17-10-14(13)20/h2-4,9,13-14,17,20H,5-8,10H2,1H3,(H2,18,19,21)/t13-,14-/m1/s1. The molecular formula is C16H23N3O2. The minimum absolute atomic E-state index is 0.167. The second-order valence-electron chi connectivity index (χ2n) is 6.22. The van der Waals surface area contributed by atoms with Crippen LogP contribution in [0.1, 0.15) is 30.4 Å². The molecule has 1 aliphatic heterocycles. The number of rotatable bonds is 3. The maximum absolute atomic E-state index is 12.2. The first kappa shape index (κ1) is 14.4. The van der Waals surface area contributed by atoms with Gasteiger partial charge in [-0.05, 0) is 38.3 Å². The molecule has 1 aromatic carbocycles. The smallest absolute Gasteiger partial charge is 0.315 e. The number of β-amino-alcohol motifs (C(OH)–C–C–N with tert-alkyl or cyclic N) is 1. The number of carbonyl (C=O) groups is 1. The summed E-state index contributed by atoms with van der Waals surface area (Å²) in [5, 5.41) is 19.0. The molecule has 1 saturated heterocycles. The van der Waals surface area contributed by atoms with Crippen LogP contribution >= 0.6 is 0 Å². The Kier molecular flexibility index (Phi) is 3.87. The molecule has 1 heterocycles. The van der Waals surface area contributed by atoms with Crippen molar-refractivity contribution in [2.45, 2.75) is 43.9 Å². The average Bonchev–Trinajstić information content (AvgIpc) is 3.22. The van der Waals surface area contributed by atoms with Gasteiger partial charge >= 0.3 is 6.03 Å². The molecule has 0 spiro atoms. The Morgan fingerprint density at radius 2 is 2.24 bits per heavy atom. The second-order valence-corrected chi connectivity index (χ2v) is 6.22. The number of carbonyl (C=O) groups excluding carboxylic acids is 1. The van der Waals surface area contributed by atoms with Crippen LogP contribution in [0.3, 0.4) is 0 Å². The van der Waals surface area contributed by atoms with E-state index in [-0.39, 0.29) is 17.6 Å². The molecule has 5 heteroatoms. The maximum Gasteiger partial charge on any atom is 0.315 e. The van der Waals surface area contributed by atoms with E-state index >= 15 is 0 Å². The number of piperidine rings is 1. The van der Waals surface area contributed by atoms with Gasteiger partial charge in [-0.2, -0.15) is 0 Å². The van der Waals surface area contributed by atoms with E-state index in [1.165, 1.54) is 11.1 Å². The normalized spacial score (nSPS) is 27.0. The third-order valence-electron chi connectivity index (χ3n) is 4.44. The molecular weight excluding hydrogens is 266 g/mol. The summed E-state index contributed by atoms with van der Waals surface area (Å²) in [5.74, 6) is 0. The molecule has 2 atom stereocenters. The van der Waals surface area contributed by atoms with Gasteiger partial charge in [-0.1, -0.05) is 29.8 Å². The van der Waals surface area contributed by atoms with Crippen LogP contribution in [-0.4, -0.2) is 36.4 Å². The first-order chi connectivity index (χ1) is 10.1. The highest BCUT2D eigenvalue weighted by atomic mass is 16.3. The monoisotopic (exact) mass is 289 g/mol. The van der Waals surface area contributed by atoms with Crippen LogP contribution in [0, 0.1) is 6.92 Å². The van der Waals surface area contributed by atoms with Gasteiger partial charge in [0.1, 0.15) is 0 Å². The molecule has 0 aromatic heterocycles. The number of nitrogens with one attached hydrogen (secondary N) is 3. The minimum Gasteiger partial charge on any atom is -0.390 e. The van der Waals surface area contributed by atoms with Gasteiger partial charge < -0.3 is 21.1 Å². The van der Waals surface area contributed by atoms with Crippen molar-refractivity contribution in [1.82, 2.24) is 16.0 Å². The van der Waals surface area contributed by atoms with E-state index in [4.69, 9.17) is 0 Å². The number of aliphatic hydroxyl groups is 1. The van der Waals surface area contributed by atoms with Crippen molar-refractivity contribution >= 4 is 6.03 Å².